The predicted octanol–water partition coefficient (Wildman–Crippen LogP) is 5.20. The molecule has 0 atom stereocenters. The van der Waals surface area contributed by atoms with Gasteiger partial charge in [-0.05, 0) is 62.1 Å². The highest BCUT2D eigenvalue weighted by Crippen LogP contribution is 2.30. The Labute approximate surface area is 209 Å². The van der Waals surface area contributed by atoms with Gasteiger partial charge in [-0.25, -0.2) is 0 Å². The summed E-state index contributed by atoms with van der Waals surface area (Å²) in [6.45, 7) is 4.38. The molecule has 0 spiro atoms. The minimum absolute atomic E-state index is 0.165. The highest BCUT2D eigenvalue weighted by atomic mass is 32.2. The second-order valence-electron chi connectivity index (χ2n) is 8.16. The van der Waals surface area contributed by atoms with E-state index in [4.69, 9.17) is 14.2 Å². The van der Waals surface area contributed by atoms with Gasteiger partial charge in [-0.3, -0.25) is 9.36 Å². The number of benzene rings is 2. The van der Waals surface area contributed by atoms with Crippen LogP contribution in [-0.2, 0) is 11.3 Å². The molecule has 0 radical (unpaired) electrons. The third kappa shape index (κ3) is 6.16. The van der Waals surface area contributed by atoms with Crippen LogP contribution in [0.1, 0.15) is 25.7 Å². The minimum atomic E-state index is -0.179. The van der Waals surface area contributed by atoms with Crippen molar-refractivity contribution < 1.29 is 19.0 Å². The number of methoxy groups -OCH3 is 2. The molecule has 0 unspecified atom stereocenters. The number of amides is 1. The van der Waals surface area contributed by atoms with Crippen LogP contribution in [-0.4, -0.2) is 46.7 Å². The lowest BCUT2D eigenvalue weighted by Gasteiger charge is -2.13. The first-order valence-corrected chi connectivity index (χ1v) is 12.6. The van der Waals surface area contributed by atoms with Gasteiger partial charge in [0.15, 0.2) is 11.0 Å². The van der Waals surface area contributed by atoms with Crippen molar-refractivity contribution in [2.45, 2.75) is 43.5 Å². The summed E-state index contributed by atoms with van der Waals surface area (Å²) in [6, 6.07) is 13.2. The zero-order valence-electron chi connectivity index (χ0n) is 20.0. The Bertz CT molecular complexity index is 1160. The summed E-state index contributed by atoms with van der Waals surface area (Å²) < 4.78 is 18.6. The lowest BCUT2D eigenvalue weighted by Crippen LogP contribution is -2.15. The van der Waals surface area contributed by atoms with Gasteiger partial charge >= 0.3 is 0 Å². The van der Waals surface area contributed by atoms with E-state index >= 15 is 0 Å². The van der Waals surface area contributed by atoms with E-state index < -0.39 is 0 Å². The Morgan fingerprint density at radius 3 is 2.54 bits per heavy atom. The number of thioether (sulfide) groups is 1. The number of nitrogens with zero attached hydrogens (tertiary/aromatic N) is 3. The van der Waals surface area contributed by atoms with Crippen LogP contribution >= 0.6 is 11.8 Å². The zero-order valence-corrected chi connectivity index (χ0v) is 20.8. The predicted molar refractivity (Wildman–Crippen MR) is 137 cm³/mol. The van der Waals surface area contributed by atoms with Crippen LogP contribution in [0.15, 0.2) is 60.3 Å². The van der Waals surface area contributed by atoms with Crippen molar-refractivity contribution >= 4 is 23.4 Å². The Morgan fingerprint density at radius 1 is 1.11 bits per heavy atom. The second-order valence-corrected chi connectivity index (χ2v) is 9.10. The zero-order chi connectivity index (χ0) is 24.6. The van der Waals surface area contributed by atoms with E-state index in [0.29, 0.717) is 35.0 Å². The fourth-order valence-electron chi connectivity index (χ4n) is 4.00. The Kier molecular flexibility index (Phi) is 8.31. The molecule has 0 saturated heterocycles. The first-order chi connectivity index (χ1) is 17.1. The number of hydrogen-bond acceptors (Lipinski definition) is 7. The van der Waals surface area contributed by atoms with Gasteiger partial charge in [0.05, 0.1) is 31.8 Å². The summed E-state index contributed by atoms with van der Waals surface area (Å²) in [5.74, 6) is 2.76. The van der Waals surface area contributed by atoms with Crippen molar-refractivity contribution in [3.63, 3.8) is 0 Å². The number of carbonyl (C=O) groups is 1. The lowest BCUT2D eigenvalue weighted by molar-refractivity contribution is -0.113. The summed E-state index contributed by atoms with van der Waals surface area (Å²) in [5, 5.41) is 12.2. The normalized spacial score (nSPS) is 13.4. The van der Waals surface area contributed by atoms with E-state index in [-0.39, 0.29) is 11.7 Å². The van der Waals surface area contributed by atoms with Gasteiger partial charge in [0.25, 0.3) is 0 Å². The number of aromatic nitrogens is 3. The van der Waals surface area contributed by atoms with E-state index in [1.165, 1.54) is 24.6 Å². The number of anilines is 1. The molecule has 4 rings (SSSR count). The Balaban J connectivity index is 1.42. The molecule has 35 heavy (non-hydrogen) atoms. The number of rotatable bonds is 11. The maximum Gasteiger partial charge on any atom is 0.234 e. The van der Waals surface area contributed by atoms with Crippen molar-refractivity contribution in [2.24, 2.45) is 0 Å². The van der Waals surface area contributed by atoms with Gasteiger partial charge in [-0.15, -0.1) is 16.8 Å². The minimum Gasteiger partial charge on any atom is -0.497 e. The molecule has 1 aliphatic carbocycles. The topological polar surface area (TPSA) is 87.5 Å². The highest BCUT2D eigenvalue weighted by molar-refractivity contribution is 7.99. The third-order valence-electron chi connectivity index (χ3n) is 5.76. The number of hydrogen-bond donors (Lipinski definition) is 1. The van der Waals surface area contributed by atoms with Crippen molar-refractivity contribution in [3.8, 4) is 28.6 Å². The van der Waals surface area contributed by atoms with E-state index in [1.54, 1.807) is 38.5 Å². The van der Waals surface area contributed by atoms with E-state index in [0.717, 1.165) is 30.0 Å². The molecule has 1 fully saturated rings. The number of carbonyl (C=O) groups excluding carboxylic acids is 1. The molecule has 9 heteroatoms. The van der Waals surface area contributed by atoms with Gasteiger partial charge in [0, 0.05) is 18.2 Å². The molecule has 0 bridgehead atoms. The van der Waals surface area contributed by atoms with Crippen molar-refractivity contribution in [3.05, 3.63) is 55.1 Å². The quantitative estimate of drug-likeness (QED) is 0.290. The van der Waals surface area contributed by atoms with Crippen molar-refractivity contribution in [2.75, 3.05) is 25.3 Å². The lowest BCUT2D eigenvalue weighted by atomic mass is 10.2. The van der Waals surface area contributed by atoms with Crippen LogP contribution in [0.25, 0.3) is 11.4 Å². The second kappa shape index (κ2) is 11.8. The molecule has 1 N–H and O–H groups in total. The SMILES string of the molecule is C=CCn1c(SCC(=O)Nc2ccc(OC)cc2OC)nnc1-c1ccc(OC2CCCC2)cc1. The van der Waals surface area contributed by atoms with Gasteiger partial charge in [0.2, 0.25) is 5.91 Å². The van der Waals surface area contributed by atoms with Gasteiger partial charge in [-0.1, -0.05) is 17.8 Å². The van der Waals surface area contributed by atoms with Crippen molar-refractivity contribution in [1.29, 1.82) is 0 Å². The third-order valence-corrected chi connectivity index (χ3v) is 6.73. The van der Waals surface area contributed by atoms with Gasteiger partial charge < -0.3 is 19.5 Å². The van der Waals surface area contributed by atoms with E-state index in [9.17, 15) is 4.79 Å². The first kappa shape index (κ1) is 24.7. The number of ether oxygens (including phenoxy) is 3. The maximum absolute atomic E-state index is 12.6. The van der Waals surface area contributed by atoms with E-state index in [1.807, 2.05) is 28.8 Å². The molecule has 8 nitrogen and oxygen atoms in total. The summed E-state index contributed by atoms with van der Waals surface area (Å²) in [5.41, 5.74) is 1.50. The van der Waals surface area contributed by atoms with Gasteiger partial charge in [-0.2, -0.15) is 0 Å². The molecule has 3 aromatic rings. The molecule has 1 aromatic heterocycles. The van der Waals surface area contributed by atoms with E-state index in [2.05, 4.69) is 22.1 Å². The maximum atomic E-state index is 12.6. The van der Waals surface area contributed by atoms with Gasteiger partial charge in [0.1, 0.15) is 17.2 Å². The average Bonchev–Trinajstić information content (AvgIpc) is 3.54. The molecule has 1 aliphatic rings. The van der Waals surface area contributed by atoms with Crippen LogP contribution in [0.3, 0.4) is 0 Å². The molecule has 184 valence electrons. The summed E-state index contributed by atoms with van der Waals surface area (Å²) >= 11 is 1.31. The highest BCUT2D eigenvalue weighted by Gasteiger charge is 2.18. The monoisotopic (exact) mass is 494 g/mol. The van der Waals surface area contributed by atoms with Crippen LogP contribution < -0.4 is 19.5 Å². The molecular weight excluding hydrogens is 464 g/mol. The largest absolute Gasteiger partial charge is 0.497 e. The summed E-state index contributed by atoms with van der Waals surface area (Å²) in [4.78, 5) is 12.6. The van der Waals surface area contributed by atoms with Crippen LogP contribution in [0.4, 0.5) is 5.69 Å². The molecule has 1 amide bonds. The number of allylic oxidation sites excluding steroid dienone is 1. The summed E-state index contributed by atoms with van der Waals surface area (Å²) in [6.07, 6.45) is 6.82. The molecule has 1 heterocycles. The smallest absolute Gasteiger partial charge is 0.234 e. The van der Waals surface area contributed by atoms with Crippen LogP contribution in [0, 0.1) is 0 Å². The average molecular weight is 495 g/mol. The fourth-order valence-corrected chi connectivity index (χ4v) is 4.75. The number of nitrogens with one attached hydrogen (secondary N) is 1. The molecule has 0 aliphatic heterocycles. The standard InChI is InChI=1S/C26H30N4O4S/c1-4-15-30-25(18-9-11-20(12-10-18)34-19-7-5-6-8-19)28-29-26(30)35-17-24(31)27-22-14-13-21(32-2)16-23(22)33-3/h4,9-14,16,19H,1,5-8,15,17H2,2-3H3,(H,27,31). The van der Waals surface area contributed by atoms with Crippen LogP contribution in [0.2, 0.25) is 0 Å². The van der Waals surface area contributed by atoms with Crippen molar-refractivity contribution in [1.82, 2.24) is 14.8 Å². The Hall–Kier alpha value is -3.46. The molecular formula is C26H30N4O4S. The summed E-state index contributed by atoms with van der Waals surface area (Å²) in [7, 11) is 3.13. The molecule has 1 saturated carbocycles. The van der Waals surface area contributed by atoms with Crippen LogP contribution in [0.5, 0.6) is 17.2 Å². The fraction of sp³-hybridized carbons (Fsp3) is 0.346. The first-order valence-electron chi connectivity index (χ1n) is 11.6. The Morgan fingerprint density at radius 2 is 1.86 bits per heavy atom. The molecule has 2 aromatic carbocycles.